The van der Waals surface area contributed by atoms with Crippen molar-refractivity contribution in [2.45, 2.75) is 11.5 Å². The Labute approximate surface area is 145 Å². The molecule has 0 aliphatic heterocycles. The second-order valence-corrected chi connectivity index (χ2v) is 7.46. The van der Waals surface area contributed by atoms with Gasteiger partial charge in [-0.05, 0) is 24.3 Å². The van der Waals surface area contributed by atoms with E-state index < -0.39 is 15.8 Å². The van der Waals surface area contributed by atoms with Crippen molar-refractivity contribution in [3.63, 3.8) is 0 Å². The molecule has 1 heterocycles. The molecule has 6 nitrogen and oxygen atoms in total. The highest BCUT2D eigenvalue weighted by molar-refractivity contribution is 7.90. The molecule has 3 rings (SSSR count). The van der Waals surface area contributed by atoms with Crippen LogP contribution >= 0.6 is 0 Å². The zero-order valence-corrected chi connectivity index (χ0v) is 14.3. The maximum absolute atomic E-state index is 12.2. The van der Waals surface area contributed by atoms with Crippen molar-refractivity contribution >= 4 is 15.8 Å². The highest BCUT2D eigenvalue weighted by Crippen LogP contribution is 2.17. The van der Waals surface area contributed by atoms with Gasteiger partial charge in [0.2, 0.25) is 0 Å². The molecule has 0 unspecified atom stereocenters. The van der Waals surface area contributed by atoms with Gasteiger partial charge < -0.3 is 4.74 Å². The number of hydrogen-bond acceptors (Lipinski definition) is 5. The van der Waals surface area contributed by atoms with Crippen molar-refractivity contribution in [3.8, 4) is 5.69 Å². The summed E-state index contributed by atoms with van der Waals surface area (Å²) in [5.41, 5.74) is 1.62. The van der Waals surface area contributed by atoms with E-state index >= 15 is 0 Å². The summed E-state index contributed by atoms with van der Waals surface area (Å²) in [6.07, 6.45) is 4.41. The molecular formula is C18H16N2O4S. The number of hydrogen-bond donors (Lipinski definition) is 0. The maximum atomic E-state index is 12.2. The number of nitrogens with zero attached hydrogens (tertiary/aromatic N) is 2. The third-order valence-electron chi connectivity index (χ3n) is 3.53. The van der Waals surface area contributed by atoms with Crippen LogP contribution < -0.4 is 0 Å². The predicted octanol–water partition coefficient (Wildman–Crippen LogP) is 2.63. The van der Waals surface area contributed by atoms with Crippen LogP contribution in [0.3, 0.4) is 0 Å². The van der Waals surface area contributed by atoms with Crippen LogP contribution in [0.4, 0.5) is 0 Å². The first kappa shape index (κ1) is 16.9. The predicted molar refractivity (Wildman–Crippen MR) is 92.2 cm³/mol. The summed E-state index contributed by atoms with van der Waals surface area (Å²) in [4.78, 5) is 12.2. The summed E-state index contributed by atoms with van der Waals surface area (Å²) in [6.45, 7) is 0.00373. The molecule has 0 spiro atoms. The Morgan fingerprint density at radius 3 is 2.48 bits per heavy atom. The Hall–Kier alpha value is -2.93. The average Bonchev–Trinajstić information content (AvgIpc) is 3.09. The summed E-state index contributed by atoms with van der Waals surface area (Å²) in [7, 11) is -3.51. The number of carbonyl (C=O) groups is 1. The second-order valence-electron chi connectivity index (χ2n) is 5.47. The average molecular weight is 356 g/mol. The highest BCUT2D eigenvalue weighted by Gasteiger charge is 2.19. The molecule has 2 aromatic carbocycles. The molecule has 0 aliphatic rings. The lowest BCUT2D eigenvalue weighted by molar-refractivity contribution is 0.0468. The normalized spacial score (nSPS) is 11.2. The lowest BCUT2D eigenvalue weighted by Gasteiger charge is -2.07. The number of aromatic nitrogens is 2. The van der Waals surface area contributed by atoms with E-state index in [-0.39, 0.29) is 17.1 Å². The number of rotatable bonds is 5. The Balaban J connectivity index is 1.73. The fraction of sp³-hybridized carbons (Fsp3) is 0.111. The first-order valence-electron chi connectivity index (χ1n) is 7.50. The van der Waals surface area contributed by atoms with E-state index in [0.29, 0.717) is 5.56 Å². The van der Waals surface area contributed by atoms with Crippen LogP contribution in [-0.2, 0) is 21.2 Å². The SMILES string of the molecule is CS(=O)(=O)c1ccccc1C(=O)OCc1cnn(-c2ccccc2)c1. The van der Waals surface area contributed by atoms with E-state index in [0.717, 1.165) is 11.9 Å². The Kier molecular flexibility index (Phi) is 4.67. The summed E-state index contributed by atoms with van der Waals surface area (Å²) < 4.78 is 30.5. The van der Waals surface area contributed by atoms with Crippen LogP contribution in [0.2, 0.25) is 0 Å². The quantitative estimate of drug-likeness (QED) is 0.657. The fourth-order valence-electron chi connectivity index (χ4n) is 2.34. The number of para-hydroxylation sites is 1. The molecule has 0 atom stereocenters. The minimum absolute atomic E-state index is 0.00373. The van der Waals surface area contributed by atoms with Gasteiger partial charge in [0.05, 0.1) is 22.3 Å². The smallest absolute Gasteiger partial charge is 0.339 e. The first-order valence-corrected chi connectivity index (χ1v) is 9.39. The molecule has 0 saturated heterocycles. The molecule has 1 aromatic heterocycles. The van der Waals surface area contributed by atoms with Gasteiger partial charge >= 0.3 is 5.97 Å². The molecule has 0 radical (unpaired) electrons. The topological polar surface area (TPSA) is 78.3 Å². The van der Waals surface area contributed by atoms with Crippen molar-refractivity contribution in [3.05, 3.63) is 78.1 Å². The molecule has 0 fully saturated rings. The number of ether oxygens (including phenoxy) is 1. The van der Waals surface area contributed by atoms with Gasteiger partial charge in [0, 0.05) is 18.0 Å². The lowest BCUT2D eigenvalue weighted by atomic mass is 10.2. The Morgan fingerprint density at radius 2 is 1.76 bits per heavy atom. The van der Waals surface area contributed by atoms with Gasteiger partial charge in [-0.2, -0.15) is 5.10 Å². The van der Waals surface area contributed by atoms with Gasteiger partial charge in [0.25, 0.3) is 0 Å². The number of benzene rings is 2. The molecular weight excluding hydrogens is 340 g/mol. The van der Waals surface area contributed by atoms with Crippen molar-refractivity contribution < 1.29 is 17.9 Å². The van der Waals surface area contributed by atoms with Crippen molar-refractivity contribution in [2.75, 3.05) is 6.26 Å². The molecule has 25 heavy (non-hydrogen) atoms. The Morgan fingerprint density at radius 1 is 1.08 bits per heavy atom. The number of sulfone groups is 1. The van der Waals surface area contributed by atoms with E-state index in [1.807, 2.05) is 30.3 Å². The van der Waals surface area contributed by atoms with Gasteiger partial charge in [-0.25, -0.2) is 17.9 Å². The second kappa shape index (κ2) is 6.90. The summed E-state index contributed by atoms with van der Waals surface area (Å²) in [5, 5.41) is 4.22. The van der Waals surface area contributed by atoms with Gasteiger partial charge in [0.1, 0.15) is 6.61 Å². The van der Waals surface area contributed by atoms with Crippen molar-refractivity contribution in [1.82, 2.24) is 9.78 Å². The van der Waals surface area contributed by atoms with E-state index in [1.165, 1.54) is 12.1 Å². The van der Waals surface area contributed by atoms with Crippen LogP contribution in [0.25, 0.3) is 5.69 Å². The van der Waals surface area contributed by atoms with Gasteiger partial charge in [-0.15, -0.1) is 0 Å². The van der Waals surface area contributed by atoms with E-state index in [1.54, 1.807) is 29.2 Å². The molecule has 0 bridgehead atoms. The van der Waals surface area contributed by atoms with E-state index in [9.17, 15) is 13.2 Å². The minimum Gasteiger partial charge on any atom is -0.457 e. The minimum atomic E-state index is -3.51. The monoisotopic (exact) mass is 356 g/mol. The largest absolute Gasteiger partial charge is 0.457 e. The summed E-state index contributed by atoms with van der Waals surface area (Å²) in [6, 6.07) is 15.5. The van der Waals surface area contributed by atoms with Crippen LogP contribution in [-0.4, -0.2) is 30.4 Å². The lowest BCUT2D eigenvalue weighted by Crippen LogP contribution is -2.11. The number of carbonyl (C=O) groups excluding carboxylic acids is 1. The van der Waals surface area contributed by atoms with Crippen LogP contribution in [0.5, 0.6) is 0 Å². The third-order valence-corrected chi connectivity index (χ3v) is 4.69. The summed E-state index contributed by atoms with van der Waals surface area (Å²) in [5.74, 6) is -0.687. The standard InChI is InChI=1S/C18H16N2O4S/c1-25(22,23)17-10-6-5-9-16(17)18(21)24-13-14-11-19-20(12-14)15-7-3-2-4-8-15/h2-12H,13H2,1H3. The molecule has 0 N–H and O–H groups in total. The van der Waals surface area contributed by atoms with E-state index in [2.05, 4.69) is 5.10 Å². The van der Waals surface area contributed by atoms with Crippen LogP contribution in [0, 0.1) is 0 Å². The Bertz CT molecular complexity index is 995. The maximum Gasteiger partial charge on any atom is 0.339 e. The third kappa shape index (κ3) is 3.95. The van der Waals surface area contributed by atoms with Gasteiger partial charge in [-0.3, -0.25) is 0 Å². The number of esters is 1. The summed E-state index contributed by atoms with van der Waals surface area (Å²) >= 11 is 0. The zero-order chi connectivity index (χ0) is 17.9. The van der Waals surface area contributed by atoms with Gasteiger partial charge in [-0.1, -0.05) is 30.3 Å². The van der Waals surface area contributed by atoms with Crippen LogP contribution in [0.15, 0.2) is 71.9 Å². The molecule has 0 amide bonds. The van der Waals surface area contributed by atoms with E-state index in [4.69, 9.17) is 4.74 Å². The van der Waals surface area contributed by atoms with Crippen molar-refractivity contribution in [1.29, 1.82) is 0 Å². The molecule has 0 saturated carbocycles. The zero-order valence-electron chi connectivity index (χ0n) is 13.5. The van der Waals surface area contributed by atoms with Crippen molar-refractivity contribution in [2.24, 2.45) is 0 Å². The molecule has 7 heteroatoms. The van der Waals surface area contributed by atoms with Gasteiger partial charge in [0.15, 0.2) is 9.84 Å². The molecule has 3 aromatic rings. The molecule has 128 valence electrons. The fourth-order valence-corrected chi connectivity index (χ4v) is 3.22. The first-order chi connectivity index (χ1) is 11.9. The molecule has 0 aliphatic carbocycles. The highest BCUT2D eigenvalue weighted by atomic mass is 32.2. The van der Waals surface area contributed by atoms with Crippen LogP contribution in [0.1, 0.15) is 15.9 Å².